The molecule has 0 aromatic carbocycles. The van der Waals surface area contributed by atoms with Gasteiger partial charge in [0, 0.05) is 18.5 Å². The van der Waals surface area contributed by atoms with Gasteiger partial charge in [0.15, 0.2) is 10.9 Å². The Morgan fingerprint density at radius 3 is 2.88 bits per heavy atom. The minimum Gasteiger partial charge on any atom is -0.296 e. The summed E-state index contributed by atoms with van der Waals surface area (Å²) in [6.45, 7) is 1.43. The van der Waals surface area contributed by atoms with E-state index in [1.54, 1.807) is 11.4 Å². The summed E-state index contributed by atoms with van der Waals surface area (Å²) in [7, 11) is 0. The van der Waals surface area contributed by atoms with Crippen LogP contribution in [0.25, 0.3) is 0 Å². The molecule has 0 aliphatic heterocycles. The third kappa shape index (κ3) is 2.14. The number of nitrogens with one attached hydrogen (secondary N) is 2. The monoisotopic (exact) mass is 236 g/mol. The Bertz CT molecular complexity index is 517. The quantitative estimate of drug-likeness (QED) is 0.787. The van der Waals surface area contributed by atoms with E-state index in [2.05, 4.69) is 20.5 Å². The fourth-order valence-corrected chi connectivity index (χ4v) is 1.78. The zero-order valence-electron chi connectivity index (χ0n) is 8.35. The van der Waals surface area contributed by atoms with Crippen molar-refractivity contribution in [3.05, 3.63) is 29.0 Å². The summed E-state index contributed by atoms with van der Waals surface area (Å²) < 4.78 is 0. The molecule has 2 aromatic rings. The minimum absolute atomic E-state index is 0.127. The van der Waals surface area contributed by atoms with Crippen molar-refractivity contribution in [1.82, 2.24) is 15.2 Å². The molecule has 0 spiro atoms. The number of aromatic amines is 1. The summed E-state index contributed by atoms with van der Waals surface area (Å²) in [5.41, 5.74) is 0.699. The number of hydrogen-bond acceptors (Lipinski definition) is 5. The maximum atomic E-state index is 11.6. The first-order chi connectivity index (χ1) is 7.66. The zero-order valence-corrected chi connectivity index (χ0v) is 9.17. The van der Waals surface area contributed by atoms with Gasteiger partial charge in [-0.2, -0.15) is 5.10 Å². The van der Waals surface area contributed by atoms with E-state index in [9.17, 15) is 9.59 Å². The lowest BCUT2D eigenvalue weighted by Crippen LogP contribution is -2.12. The molecule has 2 N–H and O–H groups in total. The molecule has 0 saturated heterocycles. The van der Waals surface area contributed by atoms with Crippen LogP contribution in [0.1, 0.15) is 27.9 Å². The normalized spacial score (nSPS) is 10.1. The highest BCUT2D eigenvalue weighted by Gasteiger charge is 2.11. The molecule has 0 aliphatic carbocycles. The van der Waals surface area contributed by atoms with Gasteiger partial charge in [0.25, 0.3) is 5.91 Å². The molecule has 6 nitrogen and oxygen atoms in total. The highest BCUT2D eigenvalue weighted by Crippen LogP contribution is 2.16. The Morgan fingerprint density at radius 1 is 1.50 bits per heavy atom. The average molecular weight is 236 g/mol. The van der Waals surface area contributed by atoms with Crippen molar-refractivity contribution < 1.29 is 9.59 Å². The molecule has 0 bridgehead atoms. The number of ketones is 1. The van der Waals surface area contributed by atoms with E-state index in [1.165, 1.54) is 24.5 Å². The summed E-state index contributed by atoms with van der Waals surface area (Å²) in [4.78, 5) is 26.5. The Hall–Kier alpha value is -2.02. The molecule has 0 aliphatic rings. The van der Waals surface area contributed by atoms with Crippen LogP contribution in [-0.2, 0) is 0 Å². The van der Waals surface area contributed by atoms with Gasteiger partial charge in [0.2, 0.25) is 0 Å². The van der Waals surface area contributed by atoms with E-state index in [-0.39, 0.29) is 11.7 Å². The van der Waals surface area contributed by atoms with Crippen LogP contribution in [0.4, 0.5) is 5.13 Å². The van der Waals surface area contributed by atoms with Gasteiger partial charge in [-0.15, -0.1) is 11.3 Å². The number of hydrogen-bond donors (Lipinski definition) is 2. The van der Waals surface area contributed by atoms with Crippen LogP contribution in [-0.4, -0.2) is 26.9 Å². The number of H-pyrrole nitrogens is 1. The van der Waals surface area contributed by atoms with E-state index in [0.717, 1.165) is 0 Å². The van der Waals surface area contributed by atoms with Crippen molar-refractivity contribution in [2.24, 2.45) is 0 Å². The van der Waals surface area contributed by atoms with Crippen molar-refractivity contribution in [3.63, 3.8) is 0 Å². The molecule has 2 aromatic heterocycles. The predicted octanol–water partition coefficient (Wildman–Crippen LogP) is 1.32. The highest BCUT2D eigenvalue weighted by molar-refractivity contribution is 7.14. The Labute approximate surface area is 94.7 Å². The molecule has 1 amide bonds. The van der Waals surface area contributed by atoms with Crippen molar-refractivity contribution in [2.45, 2.75) is 6.92 Å². The number of amides is 1. The molecule has 2 heterocycles. The number of rotatable bonds is 3. The van der Waals surface area contributed by atoms with Crippen LogP contribution in [0.3, 0.4) is 0 Å². The summed E-state index contributed by atoms with van der Waals surface area (Å²) in [6.07, 6.45) is 1.48. The fraction of sp³-hybridized carbons (Fsp3) is 0.111. The third-order valence-electron chi connectivity index (χ3n) is 1.83. The van der Waals surface area contributed by atoms with Gasteiger partial charge in [-0.3, -0.25) is 20.0 Å². The van der Waals surface area contributed by atoms with Crippen LogP contribution >= 0.6 is 11.3 Å². The summed E-state index contributed by atoms with van der Waals surface area (Å²) in [6, 6.07) is 1.55. The molecule has 0 saturated carbocycles. The van der Waals surface area contributed by atoms with E-state index >= 15 is 0 Å². The van der Waals surface area contributed by atoms with Crippen LogP contribution in [0.5, 0.6) is 0 Å². The van der Waals surface area contributed by atoms with Gasteiger partial charge < -0.3 is 0 Å². The molecular formula is C9H8N4O2S. The van der Waals surface area contributed by atoms with Gasteiger partial charge >= 0.3 is 0 Å². The van der Waals surface area contributed by atoms with Crippen molar-refractivity contribution in [1.29, 1.82) is 0 Å². The summed E-state index contributed by atoms with van der Waals surface area (Å²) in [5, 5.41) is 10.8. The number of carbonyl (C=O) groups is 2. The topological polar surface area (TPSA) is 87.7 Å². The van der Waals surface area contributed by atoms with Gasteiger partial charge in [0.05, 0.1) is 0 Å². The van der Waals surface area contributed by atoms with E-state index < -0.39 is 0 Å². The number of carbonyl (C=O) groups excluding carboxylic acids is 2. The van der Waals surface area contributed by atoms with E-state index in [0.29, 0.717) is 16.5 Å². The maximum absolute atomic E-state index is 11.6. The van der Waals surface area contributed by atoms with Crippen LogP contribution < -0.4 is 5.32 Å². The first kappa shape index (κ1) is 10.5. The van der Waals surface area contributed by atoms with Crippen molar-refractivity contribution >= 4 is 28.2 Å². The highest BCUT2D eigenvalue weighted by atomic mass is 32.1. The first-order valence-corrected chi connectivity index (χ1v) is 5.32. The SMILES string of the molecule is CC(=O)c1csc(NC(=O)c2ccn[nH]2)n1. The largest absolute Gasteiger partial charge is 0.296 e. The minimum atomic E-state index is -0.332. The van der Waals surface area contributed by atoms with Crippen molar-refractivity contribution in [2.75, 3.05) is 5.32 Å². The van der Waals surface area contributed by atoms with Gasteiger partial charge in [-0.25, -0.2) is 4.98 Å². The second-order valence-corrected chi connectivity index (χ2v) is 3.88. The Kier molecular flexibility index (Phi) is 2.78. The van der Waals surface area contributed by atoms with Crippen LogP contribution in [0.15, 0.2) is 17.6 Å². The van der Waals surface area contributed by atoms with Crippen LogP contribution in [0, 0.1) is 0 Å². The zero-order chi connectivity index (χ0) is 11.5. The fourth-order valence-electron chi connectivity index (χ4n) is 1.04. The number of anilines is 1. The smallest absolute Gasteiger partial charge is 0.275 e. The second kappa shape index (κ2) is 4.23. The molecule has 2 rings (SSSR count). The molecule has 0 fully saturated rings. The maximum Gasteiger partial charge on any atom is 0.275 e. The second-order valence-electron chi connectivity index (χ2n) is 3.02. The lowest BCUT2D eigenvalue weighted by molar-refractivity contribution is 0.100. The number of Topliss-reactive ketones (excluding diaryl/α,β-unsaturated/α-hetero) is 1. The lowest BCUT2D eigenvalue weighted by Gasteiger charge is -1.97. The third-order valence-corrected chi connectivity index (χ3v) is 2.59. The Morgan fingerprint density at radius 2 is 2.31 bits per heavy atom. The number of aromatic nitrogens is 3. The van der Waals surface area contributed by atoms with Gasteiger partial charge in [-0.05, 0) is 6.07 Å². The van der Waals surface area contributed by atoms with Crippen LogP contribution in [0.2, 0.25) is 0 Å². The molecule has 16 heavy (non-hydrogen) atoms. The van der Waals surface area contributed by atoms with Crippen molar-refractivity contribution in [3.8, 4) is 0 Å². The standard InChI is InChI=1S/C9H8N4O2S/c1-5(14)7-4-16-9(11-7)12-8(15)6-2-3-10-13-6/h2-4H,1H3,(H,10,13)(H,11,12,15). The molecule has 0 radical (unpaired) electrons. The number of thiazole rings is 1. The average Bonchev–Trinajstić information content (AvgIpc) is 2.87. The Balaban J connectivity index is 2.09. The van der Waals surface area contributed by atoms with Gasteiger partial charge in [-0.1, -0.05) is 0 Å². The van der Waals surface area contributed by atoms with Gasteiger partial charge in [0.1, 0.15) is 11.4 Å². The molecular weight excluding hydrogens is 228 g/mol. The lowest BCUT2D eigenvalue weighted by atomic mass is 10.4. The molecule has 0 unspecified atom stereocenters. The van der Waals surface area contributed by atoms with E-state index in [4.69, 9.17) is 0 Å². The number of nitrogens with zero attached hydrogens (tertiary/aromatic N) is 2. The summed E-state index contributed by atoms with van der Waals surface area (Å²) in [5.74, 6) is -0.458. The molecule has 0 atom stereocenters. The molecule has 7 heteroatoms. The first-order valence-electron chi connectivity index (χ1n) is 4.44. The van der Waals surface area contributed by atoms with E-state index in [1.807, 2.05) is 0 Å². The molecule has 82 valence electrons. The predicted molar refractivity (Wildman–Crippen MR) is 58.7 cm³/mol. The summed E-state index contributed by atoms with van der Waals surface area (Å²) >= 11 is 1.21.